The van der Waals surface area contributed by atoms with Gasteiger partial charge in [0.25, 0.3) is 11.1 Å². The van der Waals surface area contributed by atoms with E-state index in [9.17, 15) is 14.4 Å². The quantitative estimate of drug-likeness (QED) is 0.688. The number of aromatic nitrogens is 1. The maximum Gasteiger partial charge on any atom is 0.294 e. The molecule has 0 N–H and O–H groups in total. The Labute approximate surface area is 177 Å². The molecule has 0 aliphatic carbocycles. The van der Waals surface area contributed by atoms with Gasteiger partial charge in [-0.1, -0.05) is 12.8 Å². The minimum atomic E-state index is -0.372. The summed E-state index contributed by atoms with van der Waals surface area (Å²) < 4.78 is 2.23. The van der Waals surface area contributed by atoms with Crippen molar-refractivity contribution in [1.29, 1.82) is 0 Å². The molecule has 158 valence electrons. The van der Waals surface area contributed by atoms with Gasteiger partial charge in [0.15, 0.2) is 0 Å². The summed E-state index contributed by atoms with van der Waals surface area (Å²) in [6.07, 6.45) is 6.00. The van der Waals surface area contributed by atoms with Crippen LogP contribution >= 0.6 is 11.8 Å². The molecule has 1 aromatic rings. The first-order valence-corrected chi connectivity index (χ1v) is 11.1. The van der Waals surface area contributed by atoms with E-state index in [-0.39, 0.29) is 29.1 Å². The van der Waals surface area contributed by atoms with Gasteiger partial charge in [0.2, 0.25) is 5.91 Å². The minimum absolute atomic E-state index is 0.0703. The second-order valence-electron chi connectivity index (χ2n) is 8.90. The number of aryl methyl sites for hydroxylation is 1. The summed E-state index contributed by atoms with van der Waals surface area (Å²) in [6, 6.07) is 2.04. The summed E-state index contributed by atoms with van der Waals surface area (Å²) in [5, 5.41) is -0.367. The summed E-state index contributed by atoms with van der Waals surface area (Å²) in [7, 11) is 0. The summed E-state index contributed by atoms with van der Waals surface area (Å²) in [5.41, 5.74) is 3.03. The number of hydrogen-bond acceptors (Lipinski definition) is 4. The first-order valence-electron chi connectivity index (χ1n) is 10.3. The van der Waals surface area contributed by atoms with E-state index in [1.165, 1.54) is 0 Å². The number of hydrogen-bond donors (Lipinski definition) is 0. The molecule has 2 aliphatic heterocycles. The third kappa shape index (κ3) is 4.60. The Balaban J connectivity index is 1.78. The highest BCUT2D eigenvalue weighted by Gasteiger charge is 2.37. The fourth-order valence-electron chi connectivity index (χ4n) is 4.30. The Morgan fingerprint density at radius 1 is 1.10 bits per heavy atom. The normalized spacial score (nSPS) is 20.0. The van der Waals surface area contributed by atoms with Crippen LogP contribution in [0.3, 0.4) is 0 Å². The molecule has 0 aromatic carbocycles. The highest BCUT2D eigenvalue weighted by molar-refractivity contribution is 8.18. The van der Waals surface area contributed by atoms with Crippen molar-refractivity contribution >= 4 is 34.9 Å². The number of likely N-dealkylation sites (tertiary alicyclic amines) is 1. The van der Waals surface area contributed by atoms with E-state index < -0.39 is 0 Å². The number of amides is 3. The predicted molar refractivity (Wildman–Crippen MR) is 117 cm³/mol. The fourth-order valence-corrected chi connectivity index (χ4v) is 5.13. The van der Waals surface area contributed by atoms with E-state index in [0.717, 1.165) is 59.3 Å². The van der Waals surface area contributed by atoms with Crippen LogP contribution in [0.15, 0.2) is 11.0 Å². The summed E-state index contributed by atoms with van der Waals surface area (Å²) in [5.74, 6) is -0.509. The number of nitrogens with zero attached hydrogens (tertiary/aromatic N) is 3. The average Bonchev–Trinajstić information content (AvgIpc) is 2.93. The lowest BCUT2D eigenvalue weighted by atomic mass is 10.1. The van der Waals surface area contributed by atoms with Crippen molar-refractivity contribution in [2.45, 2.75) is 65.8 Å². The van der Waals surface area contributed by atoms with E-state index in [1.54, 1.807) is 11.0 Å². The van der Waals surface area contributed by atoms with Crippen molar-refractivity contribution in [2.24, 2.45) is 0 Å². The molecule has 29 heavy (non-hydrogen) atoms. The number of thioether (sulfide) groups is 1. The molecule has 3 amide bonds. The molecular weight excluding hydrogens is 386 g/mol. The Kier molecular flexibility index (Phi) is 6.27. The largest absolute Gasteiger partial charge is 0.343 e. The first kappa shape index (κ1) is 21.7. The van der Waals surface area contributed by atoms with Gasteiger partial charge in [-0.05, 0) is 76.9 Å². The standard InChI is InChI=1S/C22H31N3O3S/c1-15-12-17(16(2)25(15)22(3,4)5)13-18-20(27)24(21(28)29-18)14-19(26)23-10-8-6-7-9-11-23/h12-13H,6-11,14H2,1-5H3. The van der Waals surface area contributed by atoms with Crippen LogP contribution in [-0.4, -0.2) is 51.1 Å². The monoisotopic (exact) mass is 417 g/mol. The second-order valence-corrected chi connectivity index (χ2v) is 9.89. The SMILES string of the molecule is Cc1cc(C=C2SC(=O)N(CC(=O)N3CCCCCC3)C2=O)c(C)n1C(C)(C)C. The van der Waals surface area contributed by atoms with Crippen molar-refractivity contribution in [3.63, 3.8) is 0 Å². The predicted octanol–water partition coefficient (Wildman–Crippen LogP) is 4.30. The zero-order valence-corrected chi connectivity index (χ0v) is 18.9. The van der Waals surface area contributed by atoms with Gasteiger partial charge < -0.3 is 9.47 Å². The molecule has 0 radical (unpaired) electrons. The van der Waals surface area contributed by atoms with E-state index in [0.29, 0.717) is 18.0 Å². The molecule has 0 saturated carbocycles. The van der Waals surface area contributed by atoms with E-state index in [4.69, 9.17) is 0 Å². The molecule has 0 unspecified atom stereocenters. The zero-order chi connectivity index (χ0) is 21.3. The van der Waals surface area contributed by atoms with Gasteiger partial charge in [-0.15, -0.1) is 0 Å². The lowest BCUT2D eigenvalue weighted by Crippen LogP contribution is -2.42. The zero-order valence-electron chi connectivity index (χ0n) is 18.1. The van der Waals surface area contributed by atoms with Crippen LogP contribution in [0.1, 0.15) is 63.4 Å². The van der Waals surface area contributed by atoms with Gasteiger partial charge in [0.05, 0.1) is 4.91 Å². The Morgan fingerprint density at radius 3 is 2.28 bits per heavy atom. The van der Waals surface area contributed by atoms with Gasteiger partial charge >= 0.3 is 0 Å². The molecule has 0 atom stereocenters. The van der Waals surface area contributed by atoms with Crippen molar-refractivity contribution < 1.29 is 14.4 Å². The topological polar surface area (TPSA) is 62.6 Å². The van der Waals surface area contributed by atoms with Crippen molar-refractivity contribution in [3.05, 3.63) is 27.9 Å². The molecule has 2 saturated heterocycles. The number of carbonyl (C=O) groups is 3. The third-order valence-corrected chi connectivity index (χ3v) is 6.46. The van der Waals surface area contributed by atoms with Crippen LogP contribution in [0, 0.1) is 13.8 Å². The summed E-state index contributed by atoms with van der Waals surface area (Å²) >= 11 is 0.919. The van der Waals surface area contributed by atoms with Crippen LogP contribution in [0.2, 0.25) is 0 Å². The Morgan fingerprint density at radius 2 is 1.72 bits per heavy atom. The second kappa shape index (κ2) is 8.38. The Hall–Kier alpha value is -2.02. The van der Waals surface area contributed by atoms with E-state index in [1.807, 2.05) is 19.9 Å². The molecule has 1 aromatic heterocycles. The fraction of sp³-hybridized carbons (Fsp3) is 0.591. The number of imide groups is 1. The highest BCUT2D eigenvalue weighted by atomic mass is 32.2. The Bertz CT molecular complexity index is 855. The smallest absolute Gasteiger partial charge is 0.294 e. The first-order chi connectivity index (χ1) is 13.6. The van der Waals surface area contributed by atoms with Gasteiger partial charge in [-0.3, -0.25) is 19.3 Å². The lowest BCUT2D eigenvalue weighted by Gasteiger charge is -2.25. The van der Waals surface area contributed by atoms with Gasteiger partial charge in [-0.2, -0.15) is 0 Å². The molecule has 0 spiro atoms. The van der Waals surface area contributed by atoms with Crippen molar-refractivity contribution in [3.8, 4) is 0 Å². The van der Waals surface area contributed by atoms with Gasteiger partial charge in [-0.25, -0.2) is 0 Å². The number of rotatable bonds is 3. The van der Waals surface area contributed by atoms with E-state index in [2.05, 4.69) is 25.3 Å². The van der Waals surface area contributed by atoms with Crippen molar-refractivity contribution in [2.75, 3.05) is 19.6 Å². The van der Waals surface area contributed by atoms with Crippen LogP contribution in [0.5, 0.6) is 0 Å². The van der Waals surface area contributed by atoms with Crippen molar-refractivity contribution in [1.82, 2.24) is 14.4 Å². The summed E-state index contributed by atoms with van der Waals surface area (Å²) in [4.78, 5) is 41.2. The third-order valence-electron chi connectivity index (χ3n) is 5.55. The maximum absolute atomic E-state index is 12.8. The van der Waals surface area contributed by atoms with Gasteiger partial charge in [0.1, 0.15) is 6.54 Å². The summed E-state index contributed by atoms with van der Waals surface area (Å²) in [6.45, 7) is 11.7. The molecule has 3 heterocycles. The molecule has 6 nitrogen and oxygen atoms in total. The molecule has 3 rings (SSSR count). The van der Waals surface area contributed by atoms with Crippen LogP contribution in [0.4, 0.5) is 4.79 Å². The van der Waals surface area contributed by atoms with Crippen LogP contribution < -0.4 is 0 Å². The highest BCUT2D eigenvalue weighted by Crippen LogP contribution is 2.34. The minimum Gasteiger partial charge on any atom is -0.343 e. The molecule has 2 aliphatic rings. The molecule has 7 heteroatoms. The molecular formula is C22H31N3O3S. The lowest BCUT2D eigenvalue weighted by molar-refractivity contribution is -0.135. The van der Waals surface area contributed by atoms with Crippen LogP contribution in [0.25, 0.3) is 6.08 Å². The van der Waals surface area contributed by atoms with Crippen LogP contribution in [-0.2, 0) is 15.1 Å². The number of carbonyl (C=O) groups excluding carboxylic acids is 3. The molecule has 0 bridgehead atoms. The van der Waals surface area contributed by atoms with E-state index >= 15 is 0 Å². The maximum atomic E-state index is 12.8. The molecule has 2 fully saturated rings. The average molecular weight is 418 g/mol. The van der Waals surface area contributed by atoms with Gasteiger partial charge in [0, 0.05) is 30.0 Å².